The molecular weight excluding hydrogens is 217 g/mol. The molecule has 17 heavy (non-hydrogen) atoms. The molecule has 0 aliphatic carbocycles. The van der Waals surface area contributed by atoms with E-state index in [4.69, 9.17) is 0 Å². The van der Waals surface area contributed by atoms with Crippen molar-refractivity contribution in [1.82, 2.24) is 15.1 Å². The lowest BCUT2D eigenvalue weighted by Gasteiger charge is -2.12. The lowest BCUT2D eigenvalue weighted by molar-refractivity contribution is 0.622. The lowest BCUT2D eigenvalue weighted by atomic mass is 10.0. The van der Waals surface area contributed by atoms with Gasteiger partial charge in [0.15, 0.2) is 0 Å². The third kappa shape index (κ3) is 2.36. The predicted octanol–water partition coefficient (Wildman–Crippen LogP) is 2.51. The average Bonchev–Trinajstić information content (AvgIpc) is 2.75. The van der Waals surface area contributed by atoms with Crippen molar-refractivity contribution in [2.75, 3.05) is 7.05 Å². The minimum atomic E-state index is -0.218. The summed E-state index contributed by atoms with van der Waals surface area (Å²) in [6.45, 7) is 2.04. The van der Waals surface area contributed by atoms with E-state index in [1.165, 1.54) is 6.07 Å². The molecule has 3 nitrogen and oxygen atoms in total. The molecule has 0 saturated carbocycles. The summed E-state index contributed by atoms with van der Waals surface area (Å²) in [6.07, 6.45) is 3.48. The molecule has 0 amide bonds. The highest BCUT2D eigenvalue weighted by atomic mass is 19.1. The molecule has 0 radical (unpaired) electrons. The van der Waals surface area contributed by atoms with Gasteiger partial charge >= 0.3 is 0 Å². The third-order valence-electron chi connectivity index (χ3n) is 2.94. The van der Waals surface area contributed by atoms with Crippen LogP contribution in [0.3, 0.4) is 0 Å². The van der Waals surface area contributed by atoms with Gasteiger partial charge < -0.3 is 5.32 Å². The largest absolute Gasteiger partial charge is 0.313 e. The Kier molecular flexibility index (Phi) is 3.24. The highest BCUT2D eigenvalue weighted by Gasteiger charge is 2.10. The van der Waals surface area contributed by atoms with Gasteiger partial charge in [-0.2, -0.15) is 5.10 Å². The second-order valence-corrected chi connectivity index (χ2v) is 4.15. The Labute approximate surface area is 100 Å². The lowest BCUT2D eigenvalue weighted by Crippen LogP contribution is -2.12. The maximum atomic E-state index is 13.8. The van der Waals surface area contributed by atoms with Crippen molar-refractivity contribution < 1.29 is 4.39 Å². The minimum Gasteiger partial charge on any atom is -0.313 e. The maximum Gasteiger partial charge on any atom is 0.131 e. The summed E-state index contributed by atoms with van der Waals surface area (Å²) in [6, 6.07) is 5.38. The van der Waals surface area contributed by atoms with E-state index >= 15 is 0 Å². The number of aromatic nitrogens is 2. The van der Waals surface area contributed by atoms with Gasteiger partial charge in [0, 0.05) is 30.4 Å². The monoisotopic (exact) mass is 233 g/mol. The van der Waals surface area contributed by atoms with Crippen molar-refractivity contribution in [3.63, 3.8) is 0 Å². The molecule has 0 saturated heterocycles. The van der Waals surface area contributed by atoms with E-state index < -0.39 is 0 Å². The highest BCUT2D eigenvalue weighted by molar-refractivity contribution is 5.63. The second kappa shape index (κ2) is 4.67. The highest BCUT2D eigenvalue weighted by Crippen LogP contribution is 2.25. The topological polar surface area (TPSA) is 29.9 Å². The molecule has 0 aliphatic rings. The van der Waals surface area contributed by atoms with Crippen LogP contribution in [0, 0.1) is 5.82 Å². The molecule has 1 atom stereocenters. The van der Waals surface area contributed by atoms with Gasteiger partial charge in [0.2, 0.25) is 0 Å². The first-order valence-corrected chi connectivity index (χ1v) is 5.57. The normalized spacial score (nSPS) is 12.7. The molecule has 1 aromatic carbocycles. The maximum absolute atomic E-state index is 13.8. The Morgan fingerprint density at radius 1 is 1.41 bits per heavy atom. The Balaban J connectivity index is 2.46. The van der Waals surface area contributed by atoms with E-state index in [-0.39, 0.29) is 11.9 Å². The summed E-state index contributed by atoms with van der Waals surface area (Å²) in [5.41, 5.74) is 2.46. The SMILES string of the molecule is CNC(C)c1ccc(F)c(-c2cnn(C)c2)c1. The molecule has 1 N–H and O–H groups in total. The second-order valence-electron chi connectivity index (χ2n) is 4.15. The van der Waals surface area contributed by atoms with Crippen molar-refractivity contribution in [3.05, 3.63) is 42.0 Å². The molecule has 2 aromatic rings. The van der Waals surface area contributed by atoms with Gasteiger partial charge in [0.05, 0.1) is 6.20 Å². The van der Waals surface area contributed by atoms with Gasteiger partial charge in [0.1, 0.15) is 5.82 Å². The Morgan fingerprint density at radius 3 is 2.76 bits per heavy atom. The summed E-state index contributed by atoms with van der Waals surface area (Å²) in [7, 11) is 3.71. The number of halogens is 1. The van der Waals surface area contributed by atoms with Crippen LogP contribution in [0.25, 0.3) is 11.1 Å². The summed E-state index contributed by atoms with van der Waals surface area (Å²) in [4.78, 5) is 0. The van der Waals surface area contributed by atoms with Crippen LogP contribution in [-0.2, 0) is 7.05 Å². The molecule has 0 spiro atoms. The fourth-order valence-corrected chi connectivity index (χ4v) is 1.76. The number of aryl methyl sites for hydroxylation is 1. The summed E-state index contributed by atoms with van der Waals surface area (Å²) in [5.74, 6) is -0.218. The average molecular weight is 233 g/mol. The third-order valence-corrected chi connectivity index (χ3v) is 2.94. The Morgan fingerprint density at radius 2 is 2.18 bits per heavy atom. The van der Waals surface area contributed by atoms with Crippen molar-refractivity contribution >= 4 is 0 Å². The zero-order valence-corrected chi connectivity index (χ0v) is 10.2. The van der Waals surface area contributed by atoms with E-state index in [1.807, 2.05) is 33.3 Å². The number of rotatable bonds is 3. The summed E-state index contributed by atoms with van der Waals surface area (Å²) >= 11 is 0. The smallest absolute Gasteiger partial charge is 0.131 e. The number of benzene rings is 1. The molecule has 1 aromatic heterocycles. The van der Waals surface area contributed by atoms with E-state index in [1.54, 1.807) is 16.9 Å². The zero-order valence-electron chi connectivity index (χ0n) is 10.2. The van der Waals surface area contributed by atoms with Crippen LogP contribution in [0.5, 0.6) is 0 Å². The molecule has 2 rings (SSSR count). The molecule has 0 fully saturated rings. The first kappa shape index (κ1) is 11.8. The predicted molar refractivity (Wildman–Crippen MR) is 66.1 cm³/mol. The van der Waals surface area contributed by atoms with Crippen molar-refractivity contribution in [3.8, 4) is 11.1 Å². The fraction of sp³-hybridized carbons (Fsp3) is 0.308. The summed E-state index contributed by atoms with van der Waals surface area (Å²) < 4.78 is 15.4. The van der Waals surface area contributed by atoms with Crippen LogP contribution < -0.4 is 5.32 Å². The quantitative estimate of drug-likeness (QED) is 0.882. The van der Waals surface area contributed by atoms with Gasteiger partial charge in [-0.3, -0.25) is 4.68 Å². The molecule has 4 heteroatoms. The van der Waals surface area contributed by atoms with Crippen molar-refractivity contribution in [1.29, 1.82) is 0 Å². The minimum absolute atomic E-state index is 0.200. The Hall–Kier alpha value is -1.68. The molecule has 1 heterocycles. The van der Waals surface area contributed by atoms with Gasteiger partial charge in [-0.1, -0.05) is 6.07 Å². The van der Waals surface area contributed by atoms with E-state index in [0.717, 1.165) is 11.1 Å². The van der Waals surface area contributed by atoms with Gasteiger partial charge in [-0.05, 0) is 31.7 Å². The molecular formula is C13H16FN3. The number of hydrogen-bond acceptors (Lipinski definition) is 2. The molecule has 90 valence electrons. The fourth-order valence-electron chi connectivity index (χ4n) is 1.76. The molecule has 0 bridgehead atoms. The zero-order chi connectivity index (χ0) is 12.4. The number of hydrogen-bond donors (Lipinski definition) is 1. The van der Waals surface area contributed by atoms with Gasteiger partial charge in [0.25, 0.3) is 0 Å². The first-order chi connectivity index (χ1) is 8.11. The van der Waals surface area contributed by atoms with Crippen LogP contribution in [0.1, 0.15) is 18.5 Å². The van der Waals surface area contributed by atoms with Crippen LogP contribution in [0.2, 0.25) is 0 Å². The van der Waals surface area contributed by atoms with Crippen LogP contribution in [-0.4, -0.2) is 16.8 Å². The first-order valence-electron chi connectivity index (χ1n) is 5.57. The van der Waals surface area contributed by atoms with Crippen LogP contribution in [0.15, 0.2) is 30.6 Å². The van der Waals surface area contributed by atoms with E-state index in [2.05, 4.69) is 10.4 Å². The van der Waals surface area contributed by atoms with Gasteiger partial charge in [-0.15, -0.1) is 0 Å². The number of nitrogens with zero attached hydrogens (tertiary/aromatic N) is 2. The van der Waals surface area contributed by atoms with Crippen LogP contribution >= 0.6 is 0 Å². The van der Waals surface area contributed by atoms with Crippen molar-refractivity contribution in [2.45, 2.75) is 13.0 Å². The number of nitrogens with one attached hydrogen (secondary N) is 1. The van der Waals surface area contributed by atoms with Crippen LogP contribution in [0.4, 0.5) is 4.39 Å². The van der Waals surface area contributed by atoms with Crippen molar-refractivity contribution in [2.24, 2.45) is 7.05 Å². The standard InChI is InChI=1S/C13H16FN3/c1-9(15-2)10-4-5-13(14)12(6-10)11-7-16-17(3)8-11/h4-9,15H,1-3H3. The van der Waals surface area contributed by atoms with E-state index in [9.17, 15) is 4.39 Å². The molecule has 1 unspecified atom stereocenters. The summed E-state index contributed by atoms with van der Waals surface area (Å²) in [5, 5.41) is 7.20. The Bertz CT molecular complexity index is 519. The molecule has 0 aliphatic heterocycles. The van der Waals surface area contributed by atoms with E-state index in [0.29, 0.717) is 5.56 Å². The van der Waals surface area contributed by atoms with Gasteiger partial charge in [-0.25, -0.2) is 4.39 Å².